The zero-order chi connectivity index (χ0) is 21.4. The van der Waals surface area contributed by atoms with Gasteiger partial charge in [-0.15, -0.1) is 0 Å². The molecule has 0 radical (unpaired) electrons. The average molecular weight is 417 g/mol. The monoisotopic (exact) mass is 416 g/mol. The summed E-state index contributed by atoms with van der Waals surface area (Å²) in [7, 11) is 1.77. The van der Waals surface area contributed by atoms with Crippen molar-refractivity contribution in [1.29, 1.82) is 0 Å². The van der Waals surface area contributed by atoms with E-state index in [0.29, 0.717) is 16.1 Å². The van der Waals surface area contributed by atoms with Crippen LogP contribution < -0.4 is 5.56 Å². The summed E-state index contributed by atoms with van der Waals surface area (Å²) < 4.78 is 1.66. The van der Waals surface area contributed by atoms with Crippen molar-refractivity contribution in [2.75, 3.05) is 0 Å². The summed E-state index contributed by atoms with van der Waals surface area (Å²) in [6.45, 7) is 3.87. The van der Waals surface area contributed by atoms with Gasteiger partial charge in [0.2, 0.25) is 0 Å². The molecule has 2 aromatic heterocycles. The van der Waals surface area contributed by atoms with Gasteiger partial charge in [0.15, 0.2) is 5.78 Å². The molecule has 0 saturated heterocycles. The molecule has 2 aromatic carbocycles. The molecule has 5 heteroatoms. The molecular weight excluding hydrogens is 396 g/mol. The molecular formula is C25H21ClN2O2. The van der Waals surface area contributed by atoms with Crippen LogP contribution in [0.4, 0.5) is 0 Å². The fourth-order valence-corrected chi connectivity index (χ4v) is 3.87. The first-order valence-corrected chi connectivity index (χ1v) is 10.1. The van der Waals surface area contributed by atoms with Crippen LogP contribution in [-0.4, -0.2) is 15.3 Å². The number of hydrogen-bond donors (Lipinski definition) is 0. The van der Waals surface area contributed by atoms with Crippen molar-refractivity contribution >= 4 is 28.3 Å². The van der Waals surface area contributed by atoms with E-state index in [2.05, 4.69) is 4.98 Å². The number of benzene rings is 2. The fourth-order valence-electron chi connectivity index (χ4n) is 3.68. The Hall–Kier alpha value is -3.24. The number of carbonyl (C=O) groups is 1. The predicted octanol–water partition coefficient (Wildman–Crippen LogP) is 5.30. The van der Waals surface area contributed by atoms with Gasteiger partial charge in [-0.05, 0) is 54.8 Å². The number of Topliss-reactive ketones (excluding diaryl/α,β-unsaturated/α-hetero) is 1. The highest BCUT2D eigenvalue weighted by atomic mass is 35.5. The maximum atomic E-state index is 13.1. The Bertz CT molecular complexity index is 1360. The number of ketones is 1. The van der Waals surface area contributed by atoms with Crippen LogP contribution >= 0.6 is 11.6 Å². The lowest BCUT2D eigenvalue weighted by Crippen LogP contribution is -2.19. The summed E-state index contributed by atoms with van der Waals surface area (Å²) in [6, 6.07) is 16.6. The van der Waals surface area contributed by atoms with Gasteiger partial charge in [-0.1, -0.05) is 41.9 Å². The largest absolute Gasteiger partial charge is 0.311 e. The zero-order valence-electron chi connectivity index (χ0n) is 17.1. The Labute approximate surface area is 179 Å². The average Bonchev–Trinajstić information content (AvgIpc) is 2.72. The quantitative estimate of drug-likeness (QED) is 0.424. The third-order valence-corrected chi connectivity index (χ3v) is 5.58. The first-order chi connectivity index (χ1) is 14.3. The van der Waals surface area contributed by atoms with Crippen LogP contribution in [0, 0.1) is 13.8 Å². The minimum atomic E-state index is -0.0745. The number of fused-ring (bicyclic) bond motifs is 1. The van der Waals surface area contributed by atoms with Gasteiger partial charge in [-0.3, -0.25) is 14.6 Å². The molecule has 0 unspecified atom stereocenters. The van der Waals surface area contributed by atoms with Crippen LogP contribution in [0.3, 0.4) is 0 Å². The molecule has 0 amide bonds. The second-order valence-corrected chi connectivity index (χ2v) is 8.00. The van der Waals surface area contributed by atoms with E-state index in [1.807, 2.05) is 44.2 Å². The van der Waals surface area contributed by atoms with Crippen LogP contribution in [0.1, 0.15) is 27.2 Å². The molecule has 0 atom stereocenters. The Morgan fingerprint density at radius 1 is 1.03 bits per heavy atom. The number of nitrogens with zero attached hydrogens (tertiary/aromatic N) is 2. The Balaban J connectivity index is 1.77. The van der Waals surface area contributed by atoms with Crippen LogP contribution in [-0.2, 0) is 13.5 Å². The third-order valence-electron chi connectivity index (χ3n) is 5.35. The van der Waals surface area contributed by atoms with Crippen LogP contribution in [0.2, 0.25) is 5.02 Å². The molecule has 30 heavy (non-hydrogen) atoms. The van der Waals surface area contributed by atoms with E-state index in [9.17, 15) is 9.59 Å². The van der Waals surface area contributed by atoms with E-state index in [1.165, 1.54) is 0 Å². The first-order valence-electron chi connectivity index (χ1n) is 9.68. The van der Waals surface area contributed by atoms with Crippen molar-refractivity contribution < 1.29 is 4.79 Å². The van der Waals surface area contributed by atoms with E-state index < -0.39 is 0 Å². The Morgan fingerprint density at radius 3 is 2.60 bits per heavy atom. The van der Waals surface area contributed by atoms with Gasteiger partial charge in [-0.25, -0.2) is 0 Å². The number of aromatic nitrogens is 2. The molecule has 4 nitrogen and oxygen atoms in total. The molecule has 150 valence electrons. The molecule has 0 aliphatic heterocycles. The summed E-state index contributed by atoms with van der Waals surface area (Å²) in [4.78, 5) is 30.2. The molecule has 0 aliphatic rings. The normalized spacial score (nSPS) is 11.1. The lowest BCUT2D eigenvalue weighted by atomic mass is 9.95. The van der Waals surface area contributed by atoms with E-state index in [-0.39, 0.29) is 17.8 Å². The minimum Gasteiger partial charge on any atom is -0.311 e. The number of carbonyl (C=O) groups excluding carboxylic acids is 1. The predicted molar refractivity (Wildman–Crippen MR) is 121 cm³/mol. The smallest absolute Gasteiger partial charge is 0.258 e. The van der Waals surface area contributed by atoms with Gasteiger partial charge >= 0.3 is 0 Å². The van der Waals surface area contributed by atoms with Gasteiger partial charge in [0.25, 0.3) is 5.56 Å². The highest BCUT2D eigenvalue weighted by molar-refractivity contribution is 6.31. The number of pyridine rings is 2. The molecule has 0 saturated carbocycles. The Morgan fingerprint density at radius 2 is 1.83 bits per heavy atom. The van der Waals surface area contributed by atoms with E-state index in [1.54, 1.807) is 42.1 Å². The molecule has 0 bridgehead atoms. The molecule has 2 heterocycles. The maximum Gasteiger partial charge on any atom is 0.258 e. The van der Waals surface area contributed by atoms with Crippen molar-refractivity contribution in [3.8, 4) is 11.1 Å². The summed E-state index contributed by atoms with van der Waals surface area (Å²) in [5.41, 5.74) is 5.47. The number of halogens is 1. The van der Waals surface area contributed by atoms with Gasteiger partial charge < -0.3 is 4.57 Å². The van der Waals surface area contributed by atoms with Crippen LogP contribution in [0.25, 0.3) is 22.0 Å². The minimum absolute atomic E-state index is 0.0154. The van der Waals surface area contributed by atoms with Crippen LogP contribution in [0.15, 0.2) is 65.6 Å². The number of hydrogen-bond acceptors (Lipinski definition) is 3. The summed E-state index contributed by atoms with van der Waals surface area (Å²) in [6.07, 6.45) is 2.03. The lowest BCUT2D eigenvalue weighted by molar-refractivity contribution is 0.0993. The first kappa shape index (κ1) is 20.0. The molecule has 0 N–H and O–H groups in total. The van der Waals surface area contributed by atoms with Crippen molar-refractivity contribution in [1.82, 2.24) is 9.55 Å². The van der Waals surface area contributed by atoms with E-state index in [0.717, 1.165) is 33.3 Å². The number of aryl methyl sites for hydroxylation is 3. The van der Waals surface area contributed by atoms with Gasteiger partial charge in [-0.2, -0.15) is 0 Å². The second kappa shape index (κ2) is 7.88. The molecule has 4 aromatic rings. The van der Waals surface area contributed by atoms with E-state index >= 15 is 0 Å². The summed E-state index contributed by atoms with van der Waals surface area (Å²) in [5.74, 6) is -0.0154. The van der Waals surface area contributed by atoms with Crippen molar-refractivity contribution in [3.63, 3.8) is 0 Å². The summed E-state index contributed by atoms with van der Waals surface area (Å²) >= 11 is 6.01. The maximum absolute atomic E-state index is 13.1. The second-order valence-electron chi connectivity index (χ2n) is 7.57. The van der Waals surface area contributed by atoms with Gasteiger partial charge in [0.05, 0.1) is 5.52 Å². The standard InChI is InChI=1S/C25H21ClN2O2/c1-15-7-8-17(11-24(29)18-5-4-6-20(26)12-18)10-21(15)22-13-19-14-27-16(2)9-23(19)28(3)25(22)30/h4-10,12-14H,11H2,1-3H3. The molecule has 0 fully saturated rings. The fraction of sp³-hybridized carbons (Fsp3) is 0.160. The molecule has 0 aliphatic carbocycles. The zero-order valence-corrected chi connectivity index (χ0v) is 17.8. The highest BCUT2D eigenvalue weighted by Gasteiger charge is 2.14. The van der Waals surface area contributed by atoms with Crippen molar-refractivity contribution in [2.45, 2.75) is 20.3 Å². The number of rotatable bonds is 4. The van der Waals surface area contributed by atoms with E-state index in [4.69, 9.17) is 11.6 Å². The lowest BCUT2D eigenvalue weighted by Gasteiger charge is -2.12. The highest BCUT2D eigenvalue weighted by Crippen LogP contribution is 2.26. The topological polar surface area (TPSA) is 52.0 Å². The summed E-state index contributed by atoms with van der Waals surface area (Å²) in [5, 5.41) is 1.44. The van der Waals surface area contributed by atoms with Crippen molar-refractivity contribution in [2.24, 2.45) is 7.05 Å². The van der Waals surface area contributed by atoms with Crippen LogP contribution in [0.5, 0.6) is 0 Å². The van der Waals surface area contributed by atoms with Crippen molar-refractivity contribution in [3.05, 3.63) is 98.6 Å². The van der Waals surface area contributed by atoms with Gasteiger partial charge in [0, 0.05) is 46.9 Å². The SMILES string of the molecule is Cc1cc2c(cn1)cc(-c1cc(CC(=O)c3cccc(Cl)c3)ccc1C)c(=O)n2C. The Kier molecular flexibility index (Phi) is 5.27. The molecule has 4 rings (SSSR count). The van der Waals surface area contributed by atoms with Gasteiger partial charge in [0.1, 0.15) is 0 Å². The third kappa shape index (κ3) is 3.79. The molecule has 0 spiro atoms.